The molecule has 0 spiro atoms. The Labute approximate surface area is 107 Å². The summed E-state index contributed by atoms with van der Waals surface area (Å²) in [4.78, 5) is 25.8. The minimum atomic E-state index is -0.370. The van der Waals surface area contributed by atoms with Crippen LogP contribution in [0, 0.1) is 5.92 Å². The monoisotopic (exact) mass is 251 g/mol. The average Bonchev–Trinajstić information content (AvgIpc) is 3.00. The third kappa shape index (κ3) is 1.90. The predicted molar refractivity (Wildman–Crippen MR) is 66.6 cm³/mol. The van der Waals surface area contributed by atoms with Crippen molar-refractivity contribution in [2.24, 2.45) is 11.7 Å². The zero-order chi connectivity index (χ0) is 12.7. The van der Waals surface area contributed by atoms with Crippen LogP contribution in [-0.4, -0.2) is 41.4 Å². The van der Waals surface area contributed by atoms with Crippen molar-refractivity contribution in [2.45, 2.75) is 56.7 Å². The number of nitrogens with one attached hydrogen (secondary N) is 1. The van der Waals surface area contributed by atoms with E-state index in [-0.39, 0.29) is 23.8 Å². The highest BCUT2D eigenvalue weighted by Crippen LogP contribution is 2.35. The van der Waals surface area contributed by atoms with Gasteiger partial charge in [0, 0.05) is 18.6 Å². The molecule has 4 atom stereocenters. The first-order chi connectivity index (χ1) is 8.66. The van der Waals surface area contributed by atoms with Gasteiger partial charge >= 0.3 is 0 Å². The van der Waals surface area contributed by atoms with Crippen molar-refractivity contribution in [2.75, 3.05) is 6.54 Å². The number of piperidine rings is 1. The Bertz CT molecular complexity index is 371. The molecule has 4 unspecified atom stereocenters. The van der Waals surface area contributed by atoms with Crippen LogP contribution in [0.2, 0.25) is 0 Å². The van der Waals surface area contributed by atoms with Crippen LogP contribution >= 0.6 is 0 Å². The van der Waals surface area contributed by atoms with Crippen molar-refractivity contribution in [1.82, 2.24) is 10.2 Å². The number of hydrogen-bond donors (Lipinski definition) is 2. The molecule has 0 saturated carbocycles. The summed E-state index contributed by atoms with van der Waals surface area (Å²) in [6.45, 7) is 0.695. The largest absolute Gasteiger partial charge is 0.368 e. The Morgan fingerprint density at radius 1 is 1.17 bits per heavy atom. The fraction of sp³-hybridized carbons (Fsp3) is 0.846. The molecule has 0 aromatic carbocycles. The van der Waals surface area contributed by atoms with Crippen molar-refractivity contribution in [1.29, 1.82) is 0 Å². The van der Waals surface area contributed by atoms with Crippen molar-refractivity contribution >= 4 is 11.8 Å². The number of fused-ring (bicyclic) bond motifs is 2. The van der Waals surface area contributed by atoms with Gasteiger partial charge in [-0.2, -0.15) is 0 Å². The van der Waals surface area contributed by atoms with Crippen LogP contribution in [0.4, 0.5) is 0 Å². The number of amides is 2. The SMILES string of the molecule is NC(=O)C1CCCCN1C(=O)C1CC2CCC1N2. The second kappa shape index (κ2) is 4.53. The number of nitrogens with zero attached hydrogens (tertiary/aromatic N) is 1. The molecule has 5 nitrogen and oxygen atoms in total. The van der Waals surface area contributed by atoms with Gasteiger partial charge in [0.05, 0.1) is 5.92 Å². The Hall–Kier alpha value is -1.10. The number of likely N-dealkylation sites (tertiary alicyclic amines) is 1. The number of rotatable bonds is 2. The van der Waals surface area contributed by atoms with E-state index in [2.05, 4.69) is 5.32 Å². The Morgan fingerprint density at radius 2 is 2.00 bits per heavy atom. The molecule has 3 aliphatic rings. The summed E-state index contributed by atoms with van der Waals surface area (Å²) in [5.74, 6) is -0.124. The van der Waals surface area contributed by atoms with E-state index in [0.29, 0.717) is 18.6 Å². The highest BCUT2D eigenvalue weighted by molar-refractivity contribution is 5.88. The normalized spacial score (nSPS) is 39.0. The van der Waals surface area contributed by atoms with Gasteiger partial charge in [-0.05, 0) is 38.5 Å². The van der Waals surface area contributed by atoms with Crippen LogP contribution in [0.5, 0.6) is 0 Å². The fourth-order valence-corrected chi connectivity index (χ4v) is 3.80. The quantitative estimate of drug-likeness (QED) is 0.725. The summed E-state index contributed by atoms with van der Waals surface area (Å²) in [6.07, 6.45) is 5.93. The molecule has 100 valence electrons. The van der Waals surface area contributed by atoms with Crippen LogP contribution in [0.15, 0.2) is 0 Å². The standard InChI is InChI=1S/C13H21N3O2/c14-12(17)11-3-1-2-6-16(11)13(18)9-7-8-4-5-10(9)15-8/h8-11,15H,1-7H2,(H2,14,17). The molecule has 3 heterocycles. The Kier molecular flexibility index (Phi) is 3.01. The van der Waals surface area contributed by atoms with E-state index >= 15 is 0 Å². The fourth-order valence-electron chi connectivity index (χ4n) is 3.80. The molecular weight excluding hydrogens is 230 g/mol. The first kappa shape index (κ1) is 12.0. The zero-order valence-electron chi connectivity index (χ0n) is 10.6. The van der Waals surface area contributed by atoms with Gasteiger partial charge in [-0.3, -0.25) is 9.59 Å². The number of nitrogens with two attached hydrogens (primary N) is 1. The molecule has 0 aromatic heterocycles. The minimum Gasteiger partial charge on any atom is -0.368 e. The maximum Gasteiger partial charge on any atom is 0.240 e. The second-order valence-electron chi connectivity index (χ2n) is 5.84. The van der Waals surface area contributed by atoms with Crippen molar-refractivity contribution in [3.63, 3.8) is 0 Å². The van der Waals surface area contributed by atoms with Crippen LogP contribution in [0.1, 0.15) is 38.5 Å². The van der Waals surface area contributed by atoms with Gasteiger partial charge in [0.25, 0.3) is 0 Å². The average molecular weight is 251 g/mol. The zero-order valence-corrected chi connectivity index (χ0v) is 10.6. The Balaban J connectivity index is 1.72. The first-order valence-corrected chi connectivity index (χ1v) is 7.02. The van der Waals surface area contributed by atoms with Gasteiger partial charge in [-0.15, -0.1) is 0 Å². The molecule has 2 bridgehead atoms. The van der Waals surface area contributed by atoms with Crippen molar-refractivity contribution in [3.8, 4) is 0 Å². The number of carbonyl (C=O) groups excluding carboxylic acids is 2. The molecule has 0 radical (unpaired) electrons. The van der Waals surface area contributed by atoms with E-state index in [4.69, 9.17) is 5.73 Å². The molecule has 3 saturated heterocycles. The van der Waals surface area contributed by atoms with Gasteiger partial charge in [-0.25, -0.2) is 0 Å². The lowest BCUT2D eigenvalue weighted by Crippen LogP contribution is -2.53. The summed E-state index contributed by atoms with van der Waals surface area (Å²) in [7, 11) is 0. The summed E-state index contributed by atoms with van der Waals surface area (Å²) >= 11 is 0. The highest BCUT2D eigenvalue weighted by Gasteiger charge is 2.45. The third-order valence-corrected chi connectivity index (χ3v) is 4.73. The molecule has 5 heteroatoms. The lowest BCUT2D eigenvalue weighted by molar-refractivity contribution is -0.145. The molecule has 3 fully saturated rings. The molecule has 3 aliphatic heterocycles. The van der Waals surface area contributed by atoms with Gasteiger partial charge < -0.3 is 16.0 Å². The van der Waals surface area contributed by atoms with Crippen LogP contribution < -0.4 is 11.1 Å². The van der Waals surface area contributed by atoms with E-state index in [0.717, 1.165) is 32.1 Å². The minimum absolute atomic E-state index is 0.0729. The van der Waals surface area contributed by atoms with Gasteiger partial charge in [0.1, 0.15) is 6.04 Å². The highest BCUT2D eigenvalue weighted by atomic mass is 16.2. The molecular formula is C13H21N3O2. The molecule has 0 aliphatic carbocycles. The molecule has 3 N–H and O–H groups in total. The van der Waals surface area contributed by atoms with E-state index < -0.39 is 0 Å². The first-order valence-electron chi connectivity index (χ1n) is 7.02. The smallest absolute Gasteiger partial charge is 0.240 e. The summed E-state index contributed by atoms with van der Waals surface area (Å²) in [6, 6.07) is 0.476. The van der Waals surface area contributed by atoms with Gasteiger partial charge in [-0.1, -0.05) is 0 Å². The lowest BCUT2D eigenvalue weighted by Gasteiger charge is -2.36. The second-order valence-corrected chi connectivity index (χ2v) is 5.84. The van der Waals surface area contributed by atoms with Crippen LogP contribution in [0.25, 0.3) is 0 Å². The predicted octanol–water partition coefficient (Wildman–Crippen LogP) is -0.00670. The molecule has 2 amide bonds. The lowest BCUT2D eigenvalue weighted by atomic mass is 9.87. The molecule has 0 aromatic rings. The molecule has 3 rings (SSSR count). The van der Waals surface area contributed by atoms with Crippen LogP contribution in [-0.2, 0) is 9.59 Å². The molecule has 18 heavy (non-hydrogen) atoms. The number of carbonyl (C=O) groups is 2. The number of primary amides is 1. The van der Waals surface area contributed by atoms with E-state index in [9.17, 15) is 9.59 Å². The summed E-state index contributed by atoms with van der Waals surface area (Å²) < 4.78 is 0. The summed E-state index contributed by atoms with van der Waals surface area (Å²) in [5.41, 5.74) is 5.42. The maximum atomic E-state index is 12.6. The van der Waals surface area contributed by atoms with E-state index in [1.807, 2.05) is 0 Å². The van der Waals surface area contributed by atoms with Gasteiger partial charge in [0.15, 0.2) is 0 Å². The van der Waals surface area contributed by atoms with E-state index in [1.165, 1.54) is 6.42 Å². The van der Waals surface area contributed by atoms with Crippen LogP contribution in [0.3, 0.4) is 0 Å². The van der Waals surface area contributed by atoms with E-state index in [1.54, 1.807) is 4.90 Å². The maximum absolute atomic E-state index is 12.6. The van der Waals surface area contributed by atoms with Crippen molar-refractivity contribution in [3.05, 3.63) is 0 Å². The van der Waals surface area contributed by atoms with Crippen molar-refractivity contribution < 1.29 is 9.59 Å². The third-order valence-electron chi connectivity index (χ3n) is 4.73. The summed E-state index contributed by atoms with van der Waals surface area (Å²) in [5, 5.41) is 3.48. The Morgan fingerprint density at radius 3 is 2.61 bits per heavy atom. The number of hydrogen-bond acceptors (Lipinski definition) is 3. The van der Waals surface area contributed by atoms with Gasteiger partial charge in [0.2, 0.25) is 11.8 Å². The topological polar surface area (TPSA) is 75.4 Å².